The lowest BCUT2D eigenvalue weighted by Crippen LogP contribution is -2.62. The maximum Gasteiger partial charge on any atom is 0.333 e. The lowest BCUT2D eigenvalue weighted by Gasteiger charge is -2.47. The van der Waals surface area contributed by atoms with Crippen LogP contribution in [0.4, 0.5) is 45.5 Å². The van der Waals surface area contributed by atoms with Gasteiger partial charge in [-0.3, -0.25) is 0 Å². The lowest BCUT2D eigenvalue weighted by atomic mass is 9.42. The molecular formula is C87H90BN3O. The third kappa shape index (κ3) is 9.28. The second kappa shape index (κ2) is 20.2. The van der Waals surface area contributed by atoms with Gasteiger partial charge in [0.1, 0.15) is 5.58 Å². The van der Waals surface area contributed by atoms with E-state index >= 15 is 0 Å². The minimum Gasteiger partial charge on any atom is -0.454 e. The van der Waals surface area contributed by atoms with Crippen LogP contribution in [0, 0.1) is 0 Å². The summed E-state index contributed by atoms with van der Waals surface area (Å²) in [5.41, 5.74) is 31.0. The van der Waals surface area contributed by atoms with Crippen molar-refractivity contribution in [3.8, 4) is 33.4 Å². The van der Waals surface area contributed by atoms with Gasteiger partial charge in [0, 0.05) is 61.4 Å². The first-order chi connectivity index (χ1) is 43.4. The zero-order valence-corrected chi connectivity index (χ0v) is 57.7. The topological polar surface area (TPSA) is 22.9 Å². The van der Waals surface area contributed by atoms with Crippen LogP contribution in [0.3, 0.4) is 0 Å². The Labute approximate surface area is 548 Å². The van der Waals surface area contributed by atoms with Gasteiger partial charge in [-0.25, -0.2) is 0 Å². The van der Waals surface area contributed by atoms with Crippen LogP contribution in [0.2, 0.25) is 0 Å². The Kier molecular flexibility index (Phi) is 13.1. The minimum absolute atomic E-state index is 0.00715. The van der Waals surface area contributed by atoms with E-state index in [1.165, 1.54) is 99.9 Å². The van der Waals surface area contributed by atoms with Gasteiger partial charge in [-0.2, -0.15) is 0 Å². The van der Waals surface area contributed by atoms with Gasteiger partial charge < -0.3 is 19.0 Å². The van der Waals surface area contributed by atoms with E-state index in [-0.39, 0.29) is 44.8 Å². The zero-order chi connectivity index (χ0) is 64.7. The molecule has 0 unspecified atom stereocenters. The summed E-state index contributed by atoms with van der Waals surface area (Å²) in [5, 5.41) is 2.33. The predicted molar refractivity (Wildman–Crippen MR) is 395 cm³/mol. The average molecular weight is 1200 g/mol. The standard InChI is InChI=1S/C87H90BN3O/c1-81(2,3)54-34-37-58(38-35-54)91-79-64(41-40-62-66-50-68-69(52-75(66)92-80(62)79)86(15,16)45-44-85(68,13)14)77-76-63-32-22-23-33-67(63)87(17,18)70(76)51-74-78(77)88(91)71-49-61(89(59-30-24-28-55(46-59)82(4,5)6)60-31-25-29-56(47-60)83(7,8)9)39-43-73(71)90(74)72-42-36-57(84(10,11)12)48-65(72)53-26-20-19-21-27-53/h19-43,46-52H,44-45H2,1-18H3. The van der Waals surface area contributed by atoms with E-state index in [2.05, 4.69) is 333 Å². The van der Waals surface area contributed by atoms with Crippen molar-refractivity contribution in [1.82, 2.24) is 0 Å². The number of benzene rings is 10. The van der Waals surface area contributed by atoms with Crippen LogP contribution >= 0.6 is 0 Å². The molecule has 462 valence electrons. The monoisotopic (exact) mass is 1200 g/mol. The molecule has 4 nitrogen and oxygen atoms in total. The van der Waals surface area contributed by atoms with E-state index < -0.39 is 0 Å². The Bertz CT molecular complexity index is 4780. The maximum absolute atomic E-state index is 7.77. The Morgan fingerprint density at radius 1 is 0.413 bits per heavy atom. The van der Waals surface area contributed by atoms with Crippen molar-refractivity contribution in [3.63, 3.8) is 0 Å². The number of anilines is 8. The molecule has 0 N–H and O–H groups in total. The molecule has 10 aromatic carbocycles. The first-order valence-corrected chi connectivity index (χ1v) is 33.8. The molecule has 0 atom stereocenters. The van der Waals surface area contributed by atoms with Crippen LogP contribution in [0.15, 0.2) is 199 Å². The molecule has 92 heavy (non-hydrogen) atoms. The van der Waals surface area contributed by atoms with E-state index in [0.717, 1.165) is 69.2 Å². The molecule has 0 spiro atoms. The number of nitrogens with zero attached hydrogens (tertiary/aromatic N) is 3. The molecule has 2 aliphatic heterocycles. The van der Waals surface area contributed by atoms with Gasteiger partial charge in [-0.05, 0) is 214 Å². The molecule has 0 fully saturated rings. The first kappa shape index (κ1) is 59.8. The highest BCUT2D eigenvalue weighted by Crippen LogP contribution is 2.60. The number of rotatable bonds is 6. The van der Waals surface area contributed by atoms with Crippen molar-refractivity contribution < 1.29 is 4.42 Å². The second-order valence-electron chi connectivity index (χ2n) is 33.3. The molecule has 4 aliphatic rings. The summed E-state index contributed by atoms with van der Waals surface area (Å²) in [7, 11) is 0. The fourth-order valence-electron chi connectivity index (χ4n) is 16.1. The van der Waals surface area contributed by atoms with Crippen LogP contribution < -0.4 is 25.5 Å². The van der Waals surface area contributed by atoms with Crippen LogP contribution in [-0.2, 0) is 37.9 Å². The van der Waals surface area contributed by atoms with Gasteiger partial charge in [0.05, 0.1) is 11.4 Å². The molecule has 5 heteroatoms. The molecule has 0 radical (unpaired) electrons. The average Bonchev–Trinajstić information content (AvgIpc) is 1.25. The van der Waals surface area contributed by atoms with Crippen LogP contribution in [0.5, 0.6) is 0 Å². The fourth-order valence-corrected chi connectivity index (χ4v) is 16.1. The zero-order valence-electron chi connectivity index (χ0n) is 57.7. The first-order valence-electron chi connectivity index (χ1n) is 33.8. The number of fused-ring (bicyclic) bond motifs is 13. The van der Waals surface area contributed by atoms with Gasteiger partial charge >= 0.3 is 6.85 Å². The summed E-state index contributed by atoms with van der Waals surface area (Å²) in [4.78, 5) is 7.92. The number of furan rings is 1. The van der Waals surface area contributed by atoms with E-state index in [1.54, 1.807) is 0 Å². The van der Waals surface area contributed by atoms with E-state index in [9.17, 15) is 0 Å². The summed E-state index contributed by atoms with van der Waals surface area (Å²) in [5.74, 6) is 0. The molecule has 11 aromatic rings. The summed E-state index contributed by atoms with van der Waals surface area (Å²) >= 11 is 0. The number of hydrogen-bond donors (Lipinski definition) is 0. The minimum atomic E-state index is -0.345. The summed E-state index contributed by atoms with van der Waals surface area (Å²) in [6.45, 7) is 42.2. The quantitative estimate of drug-likeness (QED) is 0.155. The summed E-state index contributed by atoms with van der Waals surface area (Å²) in [6, 6.07) is 75.7. The Morgan fingerprint density at radius 3 is 1.61 bits per heavy atom. The number of hydrogen-bond acceptors (Lipinski definition) is 4. The Hall–Kier alpha value is -8.54. The highest BCUT2D eigenvalue weighted by Gasteiger charge is 2.51. The van der Waals surface area contributed by atoms with Gasteiger partial charge in [0.25, 0.3) is 0 Å². The van der Waals surface area contributed by atoms with Gasteiger partial charge in [-0.1, -0.05) is 228 Å². The van der Waals surface area contributed by atoms with Crippen molar-refractivity contribution in [3.05, 3.63) is 239 Å². The van der Waals surface area contributed by atoms with Crippen molar-refractivity contribution in [2.75, 3.05) is 14.6 Å². The molecule has 0 saturated heterocycles. The van der Waals surface area contributed by atoms with Gasteiger partial charge in [0.2, 0.25) is 0 Å². The third-order valence-corrected chi connectivity index (χ3v) is 21.7. The Balaban J connectivity index is 1.13. The molecule has 15 rings (SSSR count). The molecule has 1 aromatic heterocycles. The van der Waals surface area contributed by atoms with E-state index in [4.69, 9.17) is 4.42 Å². The highest BCUT2D eigenvalue weighted by molar-refractivity contribution is 6.94. The summed E-state index contributed by atoms with van der Waals surface area (Å²) in [6.07, 6.45) is 2.27. The molecular weight excluding hydrogens is 1110 g/mol. The van der Waals surface area contributed by atoms with Crippen LogP contribution in [-0.4, -0.2) is 6.85 Å². The van der Waals surface area contributed by atoms with Crippen molar-refractivity contribution in [2.45, 2.75) is 175 Å². The van der Waals surface area contributed by atoms with Crippen molar-refractivity contribution >= 4 is 85.2 Å². The molecule has 2 aliphatic carbocycles. The normalized spacial score (nSPS) is 16.0. The van der Waals surface area contributed by atoms with Crippen LogP contribution in [0.25, 0.3) is 55.3 Å². The third-order valence-electron chi connectivity index (χ3n) is 21.7. The van der Waals surface area contributed by atoms with E-state index in [1.807, 2.05) is 0 Å². The van der Waals surface area contributed by atoms with Gasteiger partial charge in [-0.15, -0.1) is 0 Å². The van der Waals surface area contributed by atoms with Gasteiger partial charge in [0.15, 0.2) is 5.58 Å². The lowest BCUT2D eigenvalue weighted by molar-refractivity contribution is 0.332. The predicted octanol–water partition coefficient (Wildman–Crippen LogP) is 23.3. The van der Waals surface area contributed by atoms with Crippen LogP contribution in [0.1, 0.15) is 182 Å². The fraction of sp³-hybridized carbons (Fsp3) is 0.310. The second-order valence-corrected chi connectivity index (χ2v) is 33.3. The largest absolute Gasteiger partial charge is 0.454 e. The maximum atomic E-state index is 7.77. The summed E-state index contributed by atoms with van der Waals surface area (Å²) < 4.78 is 7.77. The highest BCUT2D eigenvalue weighted by atomic mass is 16.3. The van der Waals surface area contributed by atoms with Crippen molar-refractivity contribution in [2.24, 2.45) is 0 Å². The molecule has 0 saturated carbocycles. The molecule has 3 heterocycles. The smallest absolute Gasteiger partial charge is 0.333 e. The van der Waals surface area contributed by atoms with Crippen molar-refractivity contribution in [1.29, 1.82) is 0 Å². The molecule has 0 bridgehead atoms. The molecule has 0 amide bonds. The Morgan fingerprint density at radius 2 is 0.978 bits per heavy atom. The van der Waals surface area contributed by atoms with E-state index in [0.29, 0.717) is 0 Å². The SMILES string of the molecule is CC(C)(C)c1ccc(N2B3c4cc(N(c5cccc(C(C)(C)C)c5)c5cccc(C(C)(C)C)c5)ccc4N(c4ccc(C(C)(C)C)cc4-c4ccccc4)c4cc5c(c(c43)-c3ccc4c(oc6cc7c(cc64)C(C)(C)CCC7(C)C)c32)-c2ccccc2C5(C)C)cc1.